The normalized spacial score (nSPS) is 9.44. The average molecular weight is 141 g/mol. The lowest BCUT2D eigenvalue weighted by molar-refractivity contribution is 0.476. The van der Waals surface area contributed by atoms with E-state index < -0.39 is 0 Å². The first-order valence-corrected chi connectivity index (χ1v) is 2.92. The molecular weight excluding hydrogens is 134 g/mol. The zero-order valence-corrected chi connectivity index (χ0v) is 5.60. The number of rotatable bonds is 0. The standard InChI is InChI=1S/C6H7NOS/c7-5-2-1-4(9)3-6(5)8/h1-3,8-9H,7H2. The van der Waals surface area contributed by atoms with Gasteiger partial charge in [0.1, 0.15) is 5.75 Å². The van der Waals surface area contributed by atoms with Crippen molar-refractivity contribution in [3.05, 3.63) is 18.2 Å². The highest BCUT2D eigenvalue weighted by atomic mass is 32.1. The summed E-state index contributed by atoms with van der Waals surface area (Å²) in [5.74, 6) is 0.0856. The van der Waals surface area contributed by atoms with Crippen molar-refractivity contribution in [2.45, 2.75) is 4.90 Å². The molecule has 1 aromatic rings. The fourth-order valence-electron chi connectivity index (χ4n) is 0.532. The van der Waals surface area contributed by atoms with Crippen LogP contribution in [0.5, 0.6) is 5.75 Å². The van der Waals surface area contributed by atoms with Crippen LogP contribution >= 0.6 is 12.6 Å². The summed E-state index contributed by atoms with van der Waals surface area (Å²) in [4.78, 5) is 0.710. The molecule has 0 spiro atoms. The molecule has 0 atom stereocenters. The van der Waals surface area contributed by atoms with Crippen LogP contribution in [0.2, 0.25) is 0 Å². The lowest BCUT2D eigenvalue weighted by atomic mass is 10.3. The molecule has 3 N–H and O–H groups in total. The maximum absolute atomic E-state index is 8.93. The summed E-state index contributed by atoms with van der Waals surface area (Å²) in [6.45, 7) is 0. The Morgan fingerprint density at radius 1 is 1.44 bits per heavy atom. The van der Waals surface area contributed by atoms with Gasteiger partial charge in [0.25, 0.3) is 0 Å². The van der Waals surface area contributed by atoms with Gasteiger partial charge in [0.05, 0.1) is 5.69 Å². The fourth-order valence-corrected chi connectivity index (χ4v) is 0.729. The van der Waals surface area contributed by atoms with E-state index in [1.807, 2.05) is 0 Å². The molecule has 3 heteroatoms. The number of nitrogens with two attached hydrogens (primary N) is 1. The number of phenols is 1. The molecule has 0 saturated heterocycles. The number of hydrogen-bond donors (Lipinski definition) is 3. The van der Waals surface area contributed by atoms with Crippen molar-refractivity contribution in [3.63, 3.8) is 0 Å². The van der Waals surface area contributed by atoms with Crippen LogP contribution < -0.4 is 5.73 Å². The first-order valence-electron chi connectivity index (χ1n) is 2.47. The second-order valence-corrected chi connectivity index (χ2v) is 2.26. The molecule has 48 valence electrons. The summed E-state index contributed by atoms with van der Waals surface area (Å²) < 4.78 is 0. The number of aromatic hydroxyl groups is 1. The summed E-state index contributed by atoms with van der Waals surface area (Å²) >= 11 is 3.99. The summed E-state index contributed by atoms with van der Waals surface area (Å²) in [5, 5.41) is 8.93. The molecule has 1 aromatic carbocycles. The Morgan fingerprint density at radius 3 is 2.56 bits per heavy atom. The van der Waals surface area contributed by atoms with Gasteiger partial charge in [-0.25, -0.2) is 0 Å². The van der Waals surface area contributed by atoms with Crippen LogP contribution in [-0.4, -0.2) is 5.11 Å². The second kappa shape index (κ2) is 2.19. The third-order valence-electron chi connectivity index (χ3n) is 1.01. The van der Waals surface area contributed by atoms with Crippen molar-refractivity contribution in [1.82, 2.24) is 0 Å². The van der Waals surface area contributed by atoms with E-state index in [4.69, 9.17) is 10.8 Å². The number of benzene rings is 1. The third kappa shape index (κ3) is 1.29. The lowest BCUT2D eigenvalue weighted by Crippen LogP contribution is -1.83. The van der Waals surface area contributed by atoms with Crippen LogP contribution in [0, 0.1) is 0 Å². The molecule has 0 unspecified atom stereocenters. The molecule has 9 heavy (non-hydrogen) atoms. The van der Waals surface area contributed by atoms with Gasteiger partial charge >= 0.3 is 0 Å². The van der Waals surface area contributed by atoms with Gasteiger partial charge in [-0.1, -0.05) is 0 Å². The van der Waals surface area contributed by atoms with E-state index >= 15 is 0 Å². The number of nitrogen functional groups attached to an aromatic ring is 1. The van der Waals surface area contributed by atoms with Crippen molar-refractivity contribution >= 4 is 18.3 Å². The summed E-state index contributed by atoms with van der Waals surface area (Å²) in [5.41, 5.74) is 5.69. The first-order chi connectivity index (χ1) is 4.20. The summed E-state index contributed by atoms with van der Waals surface area (Å²) in [6.07, 6.45) is 0. The van der Waals surface area contributed by atoms with Crippen LogP contribution in [0.3, 0.4) is 0 Å². The minimum atomic E-state index is 0.0856. The Balaban J connectivity index is 3.17. The molecule has 0 amide bonds. The molecule has 0 bridgehead atoms. The monoisotopic (exact) mass is 141 g/mol. The molecule has 0 radical (unpaired) electrons. The largest absolute Gasteiger partial charge is 0.506 e. The molecule has 0 aromatic heterocycles. The Kier molecular flexibility index (Phi) is 1.53. The van der Waals surface area contributed by atoms with Crippen LogP contribution in [0.1, 0.15) is 0 Å². The van der Waals surface area contributed by atoms with Crippen LogP contribution in [0.4, 0.5) is 5.69 Å². The van der Waals surface area contributed by atoms with E-state index in [2.05, 4.69) is 12.6 Å². The molecule has 0 heterocycles. The predicted octanol–water partition coefficient (Wildman–Crippen LogP) is 1.26. The van der Waals surface area contributed by atoms with E-state index in [1.165, 1.54) is 6.07 Å². The van der Waals surface area contributed by atoms with Crippen LogP contribution in [-0.2, 0) is 0 Å². The molecule has 0 aliphatic carbocycles. The van der Waals surface area contributed by atoms with Crippen LogP contribution in [0.25, 0.3) is 0 Å². The van der Waals surface area contributed by atoms with E-state index in [1.54, 1.807) is 12.1 Å². The second-order valence-electron chi connectivity index (χ2n) is 1.74. The molecule has 0 saturated carbocycles. The van der Waals surface area contributed by atoms with Gasteiger partial charge < -0.3 is 10.8 Å². The SMILES string of the molecule is Nc1ccc(S)cc1O. The predicted molar refractivity (Wildman–Crippen MR) is 39.8 cm³/mol. The highest BCUT2D eigenvalue weighted by Crippen LogP contribution is 2.21. The van der Waals surface area contributed by atoms with E-state index in [-0.39, 0.29) is 5.75 Å². The van der Waals surface area contributed by atoms with Gasteiger partial charge in [-0.05, 0) is 18.2 Å². The first kappa shape index (κ1) is 6.29. The highest BCUT2D eigenvalue weighted by Gasteiger charge is 1.93. The molecule has 2 nitrogen and oxygen atoms in total. The third-order valence-corrected chi connectivity index (χ3v) is 1.29. The topological polar surface area (TPSA) is 46.2 Å². The summed E-state index contributed by atoms with van der Waals surface area (Å²) in [6, 6.07) is 4.83. The number of phenolic OH excluding ortho intramolecular Hbond substituents is 1. The summed E-state index contributed by atoms with van der Waals surface area (Å²) in [7, 11) is 0. The van der Waals surface area contributed by atoms with Crippen molar-refractivity contribution in [1.29, 1.82) is 0 Å². The maximum Gasteiger partial charge on any atom is 0.139 e. The Hall–Kier alpha value is -0.830. The Labute approximate surface area is 58.7 Å². The van der Waals surface area contributed by atoms with Gasteiger partial charge in [-0.3, -0.25) is 0 Å². The molecule has 0 aliphatic heterocycles. The smallest absolute Gasteiger partial charge is 0.139 e. The minimum absolute atomic E-state index is 0.0856. The van der Waals surface area contributed by atoms with Crippen molar-refractivity contribution in [2.75, 3.05) is 5.73 Å². The quantitative estimate of drug-likeness (QED) is 0.289. The lowest BCUT2D eigenvalue weighted by Gasteiger charge is -1.96. The molecule has 0 fully saturated rings. The zero-order valence-electron chi connectivity index (χ0n) is 4.70. The van der Waals surface area contributed by atoms with Gasteiger partial charge in [0, 0.05) is 4.90 Å². The molecule has 1 rings (SSSR count). The minimum Gasteiger partial charge on any atom is -0.506 e. The van der Waals surface area contributed by atoms with Crippen molar-refractivity contribution in [2.24, 2.45) is 0 Å². The van der Waals surface area contributed by atoms with E-state index in [0.717, 1.165) is 0 Å². The number of hydrogen-bond acceptors (Lipinski definition) is 3. The highest BCUT2D eigenvalue weighted by molar-refractivity contribution is 7.80. The van der Waals surface area contributed by atoms with Gasteiger partial charge in [0.2, 0.25) is 0 Å². The van der Waals surface area contributed by atoms with Gasteiger partial charge in [-0.15, -0.1) is 12.6 Å². The van der Waals surface area contributed by atoms with E-state index in [9.17, 15) is 0 Å². The van der Waals surface area contributed by atoms with Crippen molar-refractivity contribution in [3.8, 4) is 5.75 Å². The van der Waals surface area contributed by atoms with Crippen molar-refractivity contribution < 1.29 is 5.11 Å². The maximum atomic E-state index is 8.93. The fraction of sp³-hybridized carbons (Fsp3) is 0. The number of anilines is 1. The van der Waals surface area contributed by atoms with Crippen LogP contribution in [0.15, 0.2) is 23.1 Å². The molecule has 0 aliphatic rings. The Bertz CT molecular complexity index is 224. The van der Waals surface area contributed by atoms with Gasteiger partial charge in [-0.2, -0.15) is 0 Å². The van der Waals surface area contributed by atoms with E-state index in [0.29, 0.717) is 10.6 Å². The average Bonchev–Trinajstić information content (AvgIpc) is 1.80. The zero-order chi connectivity index (χ0) is 6.85. The molecular formula is C6H7NOS. The Morgan fingerprint density at radius 2 is 2.11 bits per heavy atom. The van der Waals surface area contributed by atoms with Gasteiger partial charge in [0.15, 0.2) is 0 Å². The number of thiol groups is 1.